The van der Waals surface area contributed by atoms with Gasteiger partial charge in [0.1, 0.15) is 5.60 Å². The van der Waals surface area contributed by atoms with Gasteiger partial charge in [-0.25, -0.2) is 4.79 Å². The van der Waals surface area contributed by atoms with Gasteiger partial charge < -0.3 is 14.7 Å². The first-order chi connectivity index (χ1) is 15.9. The third kappa shape index (κ3) is 5.01. The number of aliphatic hydroxyl groups is 1. The van der Waals surface area contributed by atoms with Gasteiger partial charge in [-0.2, -0.15) is 0 Å². The molecule has 0 aliphatic carbocycles. The first-order valence-corrected chi connectivity index (χ1v) is 12.5. The van der Waals surface area contributed by atoms with Gasteiger partial charge in [0.05, 0.1) is 12.1 Å². The molecule has 0 fully saturated rings. The summed E-state index contributed by atoms with van der Waals surface area (Å²) in [6.45, 7) is 10.7. The molecule has 34 heavy (non-hydrogen) atoms. The number of fused-ring (bicyclic) bond motifs is 2. The minimum absolute atomic E-state index is 0.0964. The minimum atomic E-state index is -0.919. The molecule has 2 amide bonds. The summed E-state index contributed by atoms with van der Waals surface area (Å²) >= 11 is 3.51. The maximum Gasteiger partial charge on any atom is 0.410 e. The van der Waals surface area contributed by atoms with E-state index in [0.29, 0.717) is 25.1 Å². The highest BCUT2D eigenvalue weighted by molar-refractivity contribution is 9.10. The summed E-state index contributed by atoms with van der Waals surface area (Å²) in [7, 11) is 0. The Labute approximate surface area is 210 Å². The number of ether oxygens (including phenoxy) is 1. The van der Waals surface area contributed by atoms with Gasteiger partial charge in [-0.15, -0.1) is 0 Å². The van der Waals surface area contributed by atoms with E-state index >= 15 is 0 Å². The number of rotatable bonds is 3. The molecular formula is C27H33BrN2O4. The van der Waals surface area contributed by atoms with E-state index in [0.717, 1.165) is 21.2 Å². The summed E-state index contributed by atoms with van der Waals surface area (Å²) in [6.07, 6.45) is -0.866. The quantitative estimate of drug-likeness (QED) is 0.614. The monoisotopic (exact) mass is 528 g/mol. The molecule has 2 aromatic rings. The fraction of sp³-hybridized carbons (Fsp3) is 0.481. The molecule has 0 saturated carbocycles. The van der Waals surface area contributed by atoms with Gasteiger partial charge in [-0.05, 0) is 62.1 Å². The number of amides is 2. The highest BCUT2D eigenvalue weighted by Gasteiger charge is 2.41. The Morgan fingerprint density at radius 3 is 2.56 bits per heavy atom. The number of halogens is 1. The fourth-order valence-electron chi connectivity index (χ4n) is 4.97. The molecular weight excluding hydrogens is 496 g/mol. The van der Waals surface area contributed by atoms with Gasteiger partial charge in [-0.1, -0.05) is 54.0 Å². The molecule has 0 radical (unpaired) electrons. The van der Waals surface area contributed by atoms with E-state index < -0.39 is 23.8 Å². The lowest BCUT2D eigenvalue weighted by atomic mass is 9.78. The smallest absolute Gasteiger partial charge is 0.410 e. The molecule has 2 atom stereocenters. The van der Waals surface area contributed by atoms with Crippen molar-refractivity contribution in [1.29, 1.82) is 0 Å². The number of β-amino-alcohol motifs (C(OH)–C–C–N with tert-alkyl or cyclic N) is 1. The van der Waals surface area contributed by atoms with E-state index in [9.17, 15) is 14.7 Å². The maximum absolute atomic E-state index is 13.3. The lowest BCUT2D eigenvalue weighted by Crippen LogP contribution is -2.57. The van der Waals surface area contributed by atoms with Gasteiger partial charge in [0.15, 0.2) is 0 Å². The average Bonchev–Trinajstić information content (AvgIpc) is 2.75. The Bertz CT molecular complexity index is 1110. The summed E-state index contributed by atoms with van der Waals surface area (Å²) < 4.78 is 6.60. The van der Waals surface area contributed by atoms with Crippen molar-refractivity contribution in [2.75, 3.05) is 13.1 Å². The lowest BCUT2D eigenvalue weighted by molar-refractivity contribution is -0.0193. The van der Waals surface area contributed by atoms with E-state index in [4.69, 9.17) is 4.74 Å². The van der Waals surface area contributed by atoms with Gasteiger partial charge >= 0.3 is 6.09 Å². The van der Waals surface area contributed by atoms with E-state index in [1.54, 1.807) is 9.80 Å². The molecule has 182 valence electrons. The zero-order chi connectivity index (χ0) is 24.8. The molecule has 0 spiro atoms. The van der Waals surface area contributed by atoms with E-state index in [1.807, 2.05) is 63.2 Å². The number of benzene rings is 2. The van der Waals surface area contributed by atoms with Crippen LogP contribution in [0.4, 0.5) is 4.79 Å². The summed E-state index contributed by atoms with van der Waals surface area (Å²) in [4.78, 5) is 29.8. The third-order valence-electron chi connectivity index (χ3n) is 6.58. The predicted molar refractivity (Wildman–Crippen MR) is 135 cm³/mol. The zero-order valence-corrected chi connectivity index (χ0v) is 22.1. The Balaban J connectivity index is 1.60. The molecule has 7 heteroatoms. The molecule has 0 bridgehead atoms. The van der Waals surface area contributed by atoms with Crippen LogP contribution in [-0.2, 0) is 23.1 Å². The van der Waals surface area contributed by atoms with Crippen molar-refractivity contribution in [2.24, 2.45) is 0 Å². The third-order valence-corrected chi connectivity index (χ3v) is 7.08. The topological polar surface area (TPSA) is 70.1 Å². The Morgan fingerprint density at radius 1 is 1.21 bits per heavy atom. The molecule has 0 aromatic heterocycles. The molecule has 4 rings (SSSR count). The number of hydrogen-bond acceptors (Lipinski definition) is 4. The first kappa shape index (κ1) is 24.7. The second-order valence-electron chi connectivity index (χ2n) is 11.0. The van der Waals surface area contributed by atoms with Gasteiger partial charge in [-0.3, -0.25) is 9.69 Å². The zero-order valence-electron chi connectivity index (χ0n) is 20.5. The van der Waals surface area contributed by atoms with Crippen LogP contribution in [0.25, 0.3) is 0 Å². The van der Waals surface area contributed by atoms with Crippen LogP contribution < -0.4 is 0 Å². The molecule has 2 unspecified atom stereocenters. The van der Waals surface area contributed by atoms with Crippen molar-refractivity contribution >= 4 is 27.9 Å². The summed E-state index contributed by atoms with van der Waals surface area (Å²) in [6, 6.07) is 13.2. The Morgan fingerprint density at radius 2 is 1.88 bits per heavy atom. The van der Waals surface area contributed by atoms with E-state index in [-0.39, 0.29) is 17.9 Å². The van der Waals surface area contributed by atoms with Gasteiger partial charge in [0.2, 0.25) is 0 Å². The normalized spacial score (nSPS) is 20.4. The number of aliphatic hydroxyl groups excluding tert-OH is 1. The largest absolute Gasteiger partial charge is 0.444 e. The van der Waals surface area contributed by atoms with Crippen molar-refractivity contribution in [3.63, 3.8) is 0 Å². The highest BCUT2D eigenvalue weighted by Crippen LogP contribution is 2.36. The number of carbonyl (C=O) groups excluding carboxylic acids is 2. The lowest BCUT2D eigenvalue weighted by Gasteiger charge is -2.44. The second kappa shape index (κ2) is 9.00. The van der Waals surface area contributed by atoms with Crippen molar-refractivity contribution in [3.8, 4) is 0 Å². The molecule has 2 aliphatic heterocycles. The molecule has 0 saturated heterocycles. The van der Waals surface area contributed by atoms with Crippen LogP contribution in [-0.4, -0.2) is 57.7 Å². The van der Waals surface area contributed by atoms with Crippen molar-refractivity contribution < 1.29 is 19.4 Å². The fourth-order valence-corrected chi connectivity index (χ4v) is 5.33. The molecule has 2 aliphatic rings. The number of nitrogens with zero attached hydrogens (tertiary/aromatic N) is 2. The van der Waals surface area contributed by atoms with E-state index in [2.05, 4.69) is 29.8 Å². The van der Waals surface area contributed by atoms with Crippen LogP contribution in [0.5, 0.6) is 0 Å². The van der Waals surface area contributed by atoms with Crippen LogP contribution >= 0.6 is 15.9 Å². The number of hydrogen-bond donors (Lipinski definition) is 1. The predicted octanol–water partition coefficient (Wildman–Crippen LogP) is 4.91. The van der Waals surface area contributed by atoms with Crippen molar-refractivity contribution in [2.45, 2.75) is 70.7 Å². The van der Waals surface area contributed by atoms with Crippen LogP contribution in [0.2, 0.25) is 0 Å². The SMILES string of the molecule is CC(C)(C)OC(=O)N1Cc2ccccc2CC1C(O)CN1CC(C)(C)c2cc(Br)ccc2C1=O. The molecule has 2 aromatic carbocycles. The van der Waals surface area contributed by atoms with Crippen LogP contribution in [0.3, 0.4) is 0 Å². The van der Waals surface area contributed by atoms with Crippen molar-refractivity contribution in [3.05, 3.63) is 69.2 Å². The molecule has 6 nitrogen and oxygen atoms in total. The van der Waals surface area contributed by atoms with Gasteiger partial charge in [0.25, 0.3) is 5.91 Å². The number of carbonyl (C=O) groups is 2. The summed E-state index contributed by atoms with van der Waals surface area (Å²) in [5.41, 5.74) is 2.90. The molecule has 2 heterocycles. The van der Waals surface area contributed by atoms with Crippen molar-refractivity contribution in [1.82, 2.24) is 9.80 Å². The van der Waals surface area contributed by atoms with Gasteiger partial charge in [0, 0.05) is 35.1 Å². The molecule has 1 N–H and O–H groups in total. The summed E-state index contributed by atoms with van der Waals surface area (Å²) in [5, 5.41) is 11.4. The average molecular weight is 529 g/mol. The maximum atomic E-state index is 13.3. The van der Waals surface area contributed by atoms with Crippen LogP contribution in [0, 0.1) is 0 Å². The summed E-state index contributed by atoms with van der Waals surface area (Å²) in [5.74, 6) is -0.0964. The second-order valence-corrected chi connectivity index (χ2v) is 11.9. The standard InChI is InChI=1S/C27H33BrN2O4/c1-26(2,3)34-25(33)30-14-18-9-7-6-8-17(18)12-22(30)23(31)15-29-16-27(4,5)21-13-19(28)10-11-20(21)24(29)32/h6-11,13,22-23,31H,12,14-16H2,1-5H3. The van der Waals surface area contributed by atoms with Crippen LogP contribution in [0.15, 0.2) is 46.9 Å². The Hall–Kier alpha value is -2.38. The minimum Gasteiger partial charge on any atom is -0.444 e. The first-order valence-electron chi connectivity index (χ1n) is 11.7. The Kier molecular flexibility index (Phi) is 6.55. The van der Waals surface area contributed by atoms with Crippen LogP contribution in [0.1, 0.15) is 61.7 Å². The highest BCUT2D eigenvalue weighted by atomic mass is 79.9. The van der Waals surface area contributed by atoms with E-state index in [1.165, 1.54) is 0 Å².